The Hall–Kier alpha value is -1.83. The molecule has 2 heterocycles. The van der Waals surface area contributed by atoms with Crippen molar-refractivity contribution in [1.82, 2.24) is 4.98 Å². The first kappa shape index (κ1) is 8.48. The monoisotopic (exact) mass is 196 g/mol. The van der Waals surface area contributed by atoms with Crippen LogP contribution < -0.4 is 5.32 Å². The van der Waals surface area contributed by atoms with E-state index >= 15 is 0 Å². The summed E-state index contributed by atoms with van der Waals surface area (Å²) in [4.78, 5) is 4.34. The molecule has 1 aliphatic carbocycles. The highest BCUT2D eigenvalue weighted by Gasteiger charge is 2.30. The lowest BCUT2D eigenvalue weighted by molar-refractivity contribution is 0.749. The summed E-state index contributed by atoms with van der Waals surface area (Å²) in [6.45, 7) is 2.16. The van der Waals surface area contributed by atoms with Crippen LogP contribution in [0.5, 0.6) is 0 Å². The molecule has 0 aromatic carbocycles. The van der Waals surface area contributed by atoms with Gasteiger partial charge in [-0.05, 0) is 30.7 Å². The summed E-state index contributed by atoms with van der Waals surface area (Å²) in [7, 11) is 0. The summed E-state index contributed by atoms with van der Waals surface area (Å²) in [5.41, 5.74) is 2.34. The van der Waals surface area contributed by atoms with Gasteiger partial charge in [-0.1, -0.05) is 24.3 Å². The smallest absolute Gasteiger partial charge is 0.134 e. The number of hydrogen-bond acceptors (Lipinski definition) is 2. The fourth-order valence-corrected chi connectivity index (χ4v) is 2.04. The minimum Gasteiger partial charge on any atom is -0.357 e. The van der Waals surface area contributed by atoms with E-state index in [0.29, 0.717) is 0 Å². The summed E-state index contributed by atoms with van der Waals surface area (Å²) in [6.07, 6.45) is 12.4. The van der Waals surface area contributed by atoms with Gasteiger partial charge in [0.2, 0.25) is 0 Å². The molecule has 0 spiro atoms. The van der Waals surface area contributed by atoms with Crippen LogP contribution in [0.4, 0.5) is 5.82 Å². The molecule has 2 heteroatoms. The van der Waals surface area contributed by atoms with Crippen molar-refractivity contribution < 1.29 is 0 Å². The molecular formula is C13H12N2. The van der Waals surface area contributed by atoms with Crippen LogP contribution in [0.1, 0.15) is 12.5 Å². The molecule has 1 aromatic rings. The Balaban J connectivity index is 2.19. The molecule has 2 aliphatic rings. The van der Waals surface area contributed by atoms with Crippen molar-refractivity contribution in [3.63, 3.8) is 0 Å². The van der Waals surface area contributed by atoms with Crippen molar-refractivity contribution in [1.29, 1.82) is 0 Å². The van der Waals surface area contributed by atoms with Gasteiger partial charge in [0.15, 0.2) is 0 Å². The van der Waals surface area contributed by atoms with Gasteiger partial charge < -0.3 is 5.32 Å². The molecule has 1 unspecified atom stereocenters. The summed E-state index contributed by atoms with van der Waals surface area (Å²) < 4.78 is 0. The van der Waals surface area contributed by atoms with E-state index < -0.39 is 0 Å². The first-order valence-corrected chi connectivity index (χ1v) is 5.09. The zero-order valence-electron chi connectivity index (χ0n) is 8.57. The Labute approximate surface area is 89.0 Å². The van der Waals surface area contributed by atoms with Crippen molar-refractivity contribution in [3.05, 3.63) is 53.8 Å². The van der Waals surface area contributed by atoms with Gasteiger partial charge in [0, 0.05) is 11.8 Å². The number of aromatic nitrogens is 1. The van der Waals surface area contributed by atoms with Gasteiger partial charge in [-0.2, -0.15) is 0 Å². The third-order valence-corrected chi connectivity index (χ3v) is 2.94. The first-order chi connectivity index (χ1) is 7.28. The summed E-state index contributed by atoms with van der Waals surface area (Å²) in [5, 5.41) is 3.46. The highest BCUT2D eigenvalue weighted by Crippen LogP contribution is 2.35. The number of hydrogen-bond donors (Lipinski definition) is 1. The number of fused-ring (bicyclic) bond motifs is 2. The Bertz CT molecular complexity index is 497. The summed E-state index contributed by atoms with van der Waals surface area (Å²) in [5.74, 6) is 0.962. The molecular weight excluding hydrogens is 184 g/mol. The molecule has 1 aliphatic heterocycles. The second-order valence-corrected chi connectivity index (χ2v) is 4.09. The maximum absolute atomic E-state index is 4.34. The van der Waals surface area contributed by atoms with E-state index in [1.165, 1.54) is 5.57 Å². The maximum atomic E-state index is 4.34. The van der Waals surface area contributed by atoms with Gasteiger partial charge in [0.25, 0.3) is 0 Å². The van der Waals surface area contributed by atoms with Crippen LogP contribution in [0, 0.1) is 0 Å². The minimum atomic E-state index is -0.101. The predicted octanol–water partition coefficient (Wildman–Crippen LogP) is 2.78. The van der Waals surface area contributed by atoms with Gasteiger partial charge in [-0.25, -0.2) is 4.98 Å². The number of nitrogens with zero attached hydrogens (tertiary/aromatic N) is 1. The van der Waals surface area contributed by atoms with E-state index in [4.69, 9.17) is 0 Å². The number of pyridine rings is 1. The number of rotatable bonds is 0. The largest absolute Gasteiger partial charge is 0.357 e. The molecule has 1 aromatic heterocycles. The first-order valence-electron chi connectivity index (χ1n) is 5.09. The zero-order valence-corrected chi connectivity index (χ0v) is 8.57. The van der Waals surface area contributed by atoms with Gasteiger partial charge >= 0.3 is 0 Å². The third kappa shape index (κ3) is 1.22. The molecule has 74 valence electrons. The normalized spacial score (nSPS) is 26.3. The second-order valence-electron chi connectivity index (χ2n) is 4.09. The van der Waals surface area contributed by atoms with Crippen LogP contribution >= 0.6 is 0 Å². The molecule has 1 atom stereocenters. The number of anilines is 1. The summed E-state index contributed by atoms with van der Waals surface area (Å²) in [6, 6.07) is 4.04. The Morgan fingerprint density at radius 2 is 2.27 bits per heavy atom. The SMILES string of the molecule is CC12C=CC=CC1=Cc1cccnc1N2. The van der Waals surface area contributed by atoms with E-state index in [1.807, 2.05) is 12.3 Å². The van der Waals surface area contributed by atoms with Crippen molar-refractivity contribution in [2.75, 3.05) is 5.32 Å². The van der Waals surface area contributed by atoms with Gasteiger partial charge in [-0.15, -0.1) is 0 Å². The highest BCUT2D eigenvalue weighted by molar-refractivity contribution is 5.76. The highest BCUT2D eigenvalue weighted by atomic mass is 15.1. The molecule has 0 saturated heterocycles. The fraction of sp³-hybridized carbons (Fsp3) is 0.154. The fourth-order valence-electron chi connectivity index (χ4n) is 2.04. The van der Waals surface area contributed by atoms with Crippen LogP contribution in [0.2, 0.25) is 0 Å². The van der Waals surface area contributed by atoms with Gasteiger partial charge in [0.1, 0.15) is 5.82 Å². The van der Waals surface area contributed by atoms with E-state index in [-0.39, 0.29) is 5.54 Å². The van der Waals surface area contributed by atoms with Gasteiger partial charge in [-0.3, -0.25) is 0 Å². The van der Waals surface area contributed by atoms with Crippen LogP contribution in [0.15, 0.2) is 48.2 Å². The van der Waals surface area contributed by atoms with Crippen LogP contribution in [-0.4, -0.2) is 10.5 Å². The van der Waals surface area contributed by atoms with E-state index in [0.717, 1.165) is 11.4 Å². The van der Waals surface area contributed by atoms with E-state index in [2.05, 4.69) is 53.7 Å². The topological polar surface area (TPSA) is 24.9 Å². The van der Waals surface area contributed by atoms with Crippen molar-refractivity contribution >= 4 is 11.9 Å². The number of nitrogens with one attached hydrogen (secondary N) is 1. The molecule has 0 saturated carbocycles. The van der Waals surface area contributed by atoms with E-state index in [9.17, 15) is 0 Å². The maximum Gasteiger partial charge on any atom is 0.134 e. The van der Waals surface area contributed by atoms with Crippen molar-refractivity contribution in [2.45, 2.75) is 12.5 Å². The van der Waals surface area contributed by atoms with Crippen molar-refractivity contribution in [2.24, 2.45) is 0 Å². The molecule has 1 N–H and O–H groups in total. The van der Waals surface area contributed by atoms with Crippen LogP contribution in [0.3, 0.4) is 0 Å². The number of allylic oxidation sites excluding steroid dienone is 2. The molecule has 15 heavy (non-hydrogen) atoms. The van der Waals surface area contributed by atoms with E-state index in [1.54, 1.807) is 0 Å². The van der Waals surface area contributed by atoms with Crippen LogP contribution in [-0.2, 0) is 0 Å². The average Bonchev–Trinajstić information content (AvgIpc) is 2.25. The molecule has 0 bridgehead atoms. The molecule has 0 radical (unpaired) electrons. The summed E-state index contributed by atoms with van der Waals surface area (Å²) >= 11 is 0. The molecule has 3 rings (SSSR count). The minimum absolute atomic E-state index is 0.101. The Kier molecular flexibility index (Phi) is 1.60. The Morgan fingerprint density at radius 1 is 1.33 bits per heavy atom. The lowest BCUT2D eigenvalue weighted by Crippen LogP contribution is -2.37. The lowest BCUT2D eigenvalue weighted by atomic mass is 9.84. The molecule has 0 amide bonds. The standard InChI is InChI=1S/C13H12N2/c1-13-7-3-2-6-11(13)9-10-5-4-8-14-12(10)15-13/h2-9H,1H3,(H,14,15). The van der Waals surface area contributed by atoms with Crippen LogP contribution in [0.25, 0.3) is 6.08 Å². The third-order valence-electron chi connectivity index (χ3n) is 2.94. The molecule has 2 nitrogen and oxygen atoms in total. The van der Waals surface area contributed by atoms with Gasteiger partial charge in [0.05, 0.1) is 5.54 Å². The van der Waals surface area contributed by atoms with Crippen molar-refractivity contribution in [3.8, 4) is 0 Å². The second kappa shape index (κ2) is 2.83. The Morgan fingerprint density at radius 3 is 3.20 bits per heavy atom. The zero-order chi connectivity index (χ0) is 10.3. The average molecular weight is 196 g/mol. The quantitative estimate of drug-likeness (QED) is 0.690. The predicted molar refractivity (Wildman–Crippen MR) is 62.5 cm³/mol. The molecule has 0 fully saturated rings. The lowest BCUT2D eigenvalue weighted by Gasteiger charge is -2.35.